The summed E-state index contributed by atoms with van der Waals surface area (Å²) in [4.78, 5) is 37.4. The van der Waals surface area contributed by atoms with E-state index in [9.17, 15) is 14.4 Å². The highest BCUT2D eigenvalue weighted by Gasteiger charge is 2.40. The van der Waals surface area contributed by atoms with Gasteiger partial charge in [-0.2, -0.15) is 0 Å². The van der Waals surface area contributed by atoms with Gasteiger partial charge in [-0.05, 0) is 31.0 Å². The van der Waals surface area contributed by atoms with Crippen molar-refractivity contribution in [2.24, 2.45) is 0 Å². The molecule has 1 aliphatic heterocycles. The van der Waals surface area contributed by atoms with Crippen LogP contribution in [0.5, 0.6) is 5.75 Å². The number of hydrogen-bond acceptors (Lipinski definition) is 6. The van der Waals surface area contributed by atoms with E-state index in [2.05, 4.69) is 4.74 Å². The molecule has 7 heteroatoms. The molecule has 1 fully saturated rings. The van der Waals surface area contributed by atoms with Crippen LogP contribution in [0.25, 0.3) is 0 Å². The number of amides is 1. The minimum atomic E-state index is -0.829. The summed E-state index contributed by atoms with van der Waals surface area (Å²) >= 11 is 0. The summed E-state index contributed by atoms with van der Waals surface area (Å²) in [6.07, 6.45) is -0.623. The lowest BCUT2D eigenvalue weighted by atomic mass is 10.0. The van der Waals surface area contributed by atoms with Gasteiger partial charge in [0.25, 0.3) is 5.91 Å². The molecule has 1 heterocycles. The predicted molar refractivity (Wildman–Crippen MR) is 84.1 cm³/mol. The number of cyclic esters (lactones) is 1. The summed E-state index contributed by atoms with van der Waals surface area (Å²) in [5, 5.41) is 0. The van der Waals surface area contributed by atoms with Crippen LogP contribution in [-0.4, -0.2) is 49.1 Å². The molecule has 1 saturated heterocycles. The molecule has 0 saturated carbocycles. The van der Waals surface area contributed by atoms with Gasteiger partial charge in [0.15, 0.2) is 6.10 Å². The fourth-order valence-corrected chi connectivity index (χ4v) is 2.56. The minimum Gasteiger partial charge on any atom is -0.497 e. The number of rotatable bonds is 6. The molecule has 0 N–H and O–H groups in total. The summed E-state index contributed by atoms with van der Waals surface area (Å²) in [5.74, 6) is -0.503. The van der Waals surface area contributed by atoms with Gasteiger partial charge in [0.2, 0.25) is 0 Å². The molecule has 24 heavy (non-hydrogen) atoms. The fourth-order valence-electron chi connectivity index (χ4n) is 2.56. The lowest BCUT2D eigenvalue weighted by Gasteiger charge is -2.37. The highest BCUT2D eigenvalue weighted by atomic mass is 16.6. The average Bonchev–Trinajstić information content (AvgIpc) is 2.59. The van der Waals surface area contributed by atoms with Crippen molar-refractivity contribution in [3.05, 3.63) is 29.8 Å². The number of morpholine rings is 1. The standard InChI is InChI=1S/C17H21NO6/c1-11-16(20)18(10-12-4-6-13(22-2)7-5-12)14(17(21)24-11)8-9-15(19)23-3/h4-7,11,14H,8-10H2,1-3H3/t11-,14+/m0/s1. The van der Waals surface area contributed by atoms with E-state index in [-0.39, 0.29) is 25.3 Å². The highest BCUT2D eigenvalue weighted by Crippen LogP contribution is 2.22. The van der Waals surface area contributed by atoms with Gasteiger partial charge >= 0.3 is 11.9 Å². The Balaban J connectivity index is 2.16. The first-order valence-electron chi connectivity index (χ1n) is 7.67. The molecule has 2 rings (SSSR count). The molecule has 1 aromatic rings. The van der Waals surface area contributed by atoms with Crippen molar-refractivity contribution in [2.75, 3.05) is 14.2 Å². The van der Waals surface area contributed by atoms with E-state index in [0.717, 1.165) is 5.56 Å². The Hall–Kier alpha value is -2.57. The maximum Gasteiger partial charge on any atom is 0.329 e. The van der Waals surface area contributed by atoms with Crippen LogP contribution < -0.4 is 4.74 Å². The maximum absolute atomic E-state index is 12.4. The Morgan fingerprint density at radius 3 is 2.46 bits per heavy atom. The number of hydrogen-bond donors (Lipinski definition) is 0. The molecule has 0 aliphatic carbocycles. The summed E-state index contributed by atoms with van der Waals surface area (Å²) in [5.41, 5.74) is 0.856. The third-order valence-electron chi connectivity index (χ3n) is 3.93. The van der Waals surface area contributed by atoms with Crippen LogP contribution in [-0.2, 0) is 30.4 Å². The van der Waals surface area contributed by atoms with Crippen LogP contribution >= 0.6 is 0 Å². The Morgan fingerprint density at radius 1 is 1.21 bits per heavy atom. The second kappa shape index (κ2) is 7.81. The topological polar surface area (TPSA) is 82.1 Å². The van der Waals surface area contributed by atoms with Crippen molar-refractivity contribution in [1.82, 2.24) is 4.90 Å². The number of ether oxygens (including phenoxy) is 3. The van der Waals surface area contributed by atoms with Crippen LogP contribution in [0.1, 0.15) is 25.3 Å². The first-order chi connectivity index (χ1) is 11.5. The van der Waals surface area contributed by atoms with E-state index in [1.807, 2.05) is 12.1 Å². The first kappa shape index (κ1) is 17.8. The lowest BCUT2D eigenvalue weighted by molar-refractivity contribution is -0.178. The van der Waals surface area contributed by atoms with Crippen molar-refractivity contribution in [3.63, 3.8) is 0 Å². The molecule has 1 amide bonds. The van der Waals surface area contributed by atoms with Crippen LogP contribution in [0, 0.1) is 0 Å². The monoisotopic (exact) mass is 335 g/mol. The minimum absolute atomic E-state index is 0.0387. The molecule has 1 aliphatic rings. The highest BCUT2D eigenvalue weighted by molar-refractivity contribution is 5.92. The lowest BCUT2D eigenvalue weighted by Crippen LogP contribution is -2.55. The van der Waals surface area contributed by atoms with Gasteiger partial charge in [0, 0.05) is 13.0 Å². The quantitative estimate of drug-likeness (QED) is 0.729. The molecule has 2 atom stereocenters. The van der Waals surface area contributed by atoms with E-state index in [1.54, 1.807) is 19.2 Å². The maximum atomic E-state index is 12.4. The molecule has 0 radical (unpaired) electrons. The van der Waals surface area contributed by atoms with Gasteiger partial charge in [0.1, 0.15) is 11.8 Å². The van der Waals surface area contributed by atoms with E-state index in [1.165, 1.54) is 18.9 Å². The second-order valence-corrected chi connectivity index (χ2v) is 5.52. The summed E-state index contributed by atoms with van der Waals surface area (Å²) < 4.78 is 14.8. The molecule has 0 aromatic heterocycles. The number of carbonyl (C=O) groups excluding carboxylic acids is 3. The Morgan fingerprint density at radius 2 is 1.88 bits per heavy atom. The summed E-state index contributed by atoms with van der Waals surface area (Å²) in [7, 11) is 2.85. The van der Waals surface area contributed by atoms with Gasteiger partial charge < -0.3 is 19.1 Å². The normalized spacial score (nSPS) is 20.5. The van der Waals surface area contributed by atoms with E-state index in [0.29, 0.717) is 5.75 Å². The van der Waals surface area contributed by atoms with Crippen LogP contribution in [0.15, 0.2) is 24.3 Å². The van der Waals surface area contributed by atoms with Crippen molar-refractivity contribution >= 4 is 17.8 Å². The Bertz CT molecular complexity index is 612. The largest absolute Gasteiger partial charge is 0.497 e. The second-order valence-electron chi connectivity index (χ2n) is 5.52. The van der Waals surface area contributed by atoms with E-state index < -0.39 is 24.1 Å². The zero-order chi connectivity index (χ0) is 17.7. The molecule has 1 aromatic carbocycles. The first-order valence-corrected chi connectivity index (χ1v) is 7.67. The van der Waals surface area contributed by atoms with Crippen LogP contribution in [0.4, 0.5) is 0 Å². The molecule has 7 nitrogen and oxygen atoms in total. The number of carbonyl (C=O) groups is 3. The van der Waals surface area contributed by atoms with Crippen molar-refractivity contribution in [1.29, 1.82) is 0 Å². The molecular weight excluding hydrogens is 314 g/mol. The number of esters is 2. The third-order valence-corrected chi connectivity index (χ3v) is 3.93. The van der Waals surface area contributed by atoms with Crippen molar-refractivity contribution in [3.8, 4) is 5.75 Å². The third kappa shape index (κ3) is 4.04. The Labute approximate surface area is 140 Å². The number of methoxy groups -OCH3 is 2. The van der Waals surface area contributed by atoms with Crippen LogP contribution in [0.2, 0.25) is 0 Å². The number of nitrogens with zero attached hydrogens (tertiary/aromatic N) is 1. The van der Waals surface area contributed by atoms with Gasteiger partial charge in [-0.1, -0.05) is 12.1 Å². The number of benzene rings is 1. The summed E-state index contributed by atoms with van der Waals surface area (Å²) in [6.45, 7) is 1.80. The smallest absolute Gasteiger partial charge is 0.329 e. The molecule has 0 spiro atoms. The van der Waals surface area contributed by atoms with E-state index >= 15 is 0 Å². The zero-order valence-electron chi connectivity index (χ0n) is 14.0. The predicted octanol–water partition coefficient (Wildman–Crippen LogP) is 1.29. The van der Waals surface area contributed by atoms with Crippen LogP contribution in [0.3, 0.4) is 0 Å². The molecule has 0 unspecified atom stereocenters. The Kier molecular flexibility index (Phi) is 5.78. The van der Waals surface area contributed by atoms with E-state index in [4.69, 9.17) is 9.47 Å². The summed E-state index contributed by atoms with van der Waals surface area (Å²) in [6, 6.07) is 6.43. The average molecular weight is 335 g/mol. The zero-order valence-corrected chi connectivity index (χ0v) is 14.0. The van der Waals surface area contributed by atoms with Gasteiger partial charge in [-0.25, -0.2) is 4.79 Å². The van der Waals surface area contributed by atoms with Crippen molar-refractivity contribution < 1.29 is 28.6 Å². The SMILES string of the molecule is COC(=O)CC[C@@H]1C(=O)O[C@@H](C)C(=O)N1Cc1ccc(OC)cc1. The molecular formula is C17H21NO6. The van der Waals surface area contributed by atoms with Gasteiger partial charge in [-0.3, -0.25) is 9.59 Å². The van der Waals surface area contributed by atoms with Gasteiger partial charge in [-0.15, -0.1) is 0 Å². The van der Waals surface area contributed by atoms with Gasteiger partial charge in [0.05, 0.1) is 14.2 Å². The molecule has 0 bridgehead atoms. The van der Waals surface area contributed by atoms with Crippen molar-refractivity contribution in [2.45, 2.75) is 38.5 Å². The fraction of sp³-hybridized carbons (Fsp3) is 0.471. The molecule has 130 valence electrons.